The normalized spacial score (nSPS) is 10.5. The van der Waals surface area contributed by atoms with Crippen molar-refractivity contribution in [1.82, 2.24) is 4.98 Å². The second-order valence-corrected chi connectivity index (χ2v) is 6.09. The number of carbonyl (C=O) groups is 1. The van der Waals surface area contributed by atoms with Crippen LogP contribution in [0.4, 0.5) is 5.69 Å². The average molecular weight is 324 g/mol. The fourth-order valence-corrected chi connectivity index (χ4v) is 2.87. The van der Waals surface area contributed by atoms with Crippen LogP contribution in [0.25, 0.3) is 0 Å². The highest BCUT2D eigenvalue weighted by atomic mass is 32.2. The molecule has 23 heavy (non-hydrogen) atoms. The quantitative estimate of drug-likeness (QED) is 0.701. The topological polar surface area (TPSA) is 55.1 Å². The van der Waals surface area contributed by atoms with Crippen molar-refractivity contribution in [3.05, 3.63) is 78.0 Å². The fraction of sp³-hybridized carbons (Fsp3) is 0.111. The van der Waals surface area contributed by atoms with E-state index in [0.29, 0.717) is 5.76 Å². The number of hydrogen-bond acceptors (Lipinski definition) is 4. The zero-order valence-electron chi connectivity index (χ0n) is 12.7. The van der Waals surface area contributed by atoms with Gasteiger partial charge in [-0.15, -0.1) is 11.8 Å². The summed E-state index contributed by atoms with van der Waals surface area (Å²) in [4.78, 5) is 17.3. The van der Waals surface area contributed by atoms with Crippen LogP contribution in [0, 0.1) is 6.92 Å². The first-order chi connectivity index (χ1) is 11.2. The molecule has 0 atom stereocenters. The minimum Gasteiger partial charge on any atom is -0.456 e. The van der Waals surface area contributed by atoms with E-state index in [0.717, 1.165) is 22.1 Å². The van der Waals surface area contributed by atoms with E-state index in [4.69, 9.17) is 4.42 Å². The van der Waals surface area contributed by atoms with E-state index in [1.54, 1.807) is 30.1 Å². The van der Waals surface area contributed by atoms with E-state index in [1.807, 2.05) is 43.5 Å². The lowest BCUT2D eigenvalue weighted by Gasteiger charge is -2.05. The van der Waals surface area contributed by atoms with Gasteiger partial charge in [0.2, 0.25) is 0 Å². The minimum absolute atomic E-state index is 0.242. The second-order valence-electron chi connectivity index (χ2n) is 5.04. The summed E-state index contributed by atoms with van der Waals surface area (Å²) in [6.45, 7) is 1.81. The molecule has 0 saturated carbocycles. The number of nitrogens with one attached hydrogen (secondary N) is 1. The number of hydrogen-bond donors (Lipinski definition) is 1. The number of pyridine rings is 1. The summed E-state index contributed by atoms with van der Waals surface area (Å²) in [5.74, 6) is 1.66. The zero-order valence-corrected chi connectivity index (χ0v) is 13.5. The lowest BCUT2D eigenvalue weighted by Crippen LogP contribution is -2.10. The number of anilines is 1. The number of rotatable bonds is 5. The summed E-state index contributed by atoms with van der Waals surface area (Å²) in [5, 5.41) is 2.82. The highest BCUT2D eigenvalue weighted by Gasteiger charge is 2.10. The van der Waals surface area contributed by atoms with E-state index in [2.05, 4.69) is 16.4 Å². The summed E-state index contributed by atoms with van der Waals surface area (Å²) in [6, 6.07) is 15.2. The van der Waals surface area contributed by atoms with Crippen LogP contribution in [-0.4, -0.2) is 10.9 Å². The van der Waals surface area contributed by atoms with Crippen molar-refractivity contribution >= 4 is 23.4 Å². The molecule has 4 nitrogen and oxygen atoms in total. The SMILES string of the molecule is Cc1ccc(C(=O)Nc2ccc(SCc3cccnc3)cc2)o1. The first-order valence-electron chi connectivity index (χ1n) is 7.20. The standard InChI is InChI=1S/C18H16N2O2S/c1-13-4-9-17(22-13)18(21)20-15-5-7-16(8-6-15)23-12-14-3-2-10-19-11-14/h2-11H,12H2,1H3,(H,20,21). The Morgan fingerprint density at radius 3 is 2.65 bits per heavy atom. The largest absolute Gasteiger partial charge is 0.456 e. The molecule has 5 heteroatoms. The molecule has 0 aliphatic heterocycles. The maximum absolute atomic E-state index is 12.0. The van der Waals surface area contributed by atoms with E-state index in [9.17, 15) is 4.79 Å². The third-order valence-corrected chi connectivity index (χ3v) is 4.29. The molecule has 0 radical (unpaired) electrons. The van der Waals surface area contributed by atoms with Gasteiger partial charge >= 0.3 is 0 Å². The molecule has 2 heterocycles. The van der Waals surface area contributed by atoms with E-state index >= 15 is 0 Å². The van der Waals surface area contributed by atoms with Gasteiger partial charge in [-0.05, 0) is 55.0 Å². The van der Waals surface area contributed by atoms with Gasteiger partial charge in [0.25, 0.3) is 5.91 Å². The molecule has 0 saturated heterocycles. The maximum atomic E-state index is 12.0. The highest BCUT2D eigenvalue weighted by molar-refractivity contribution is 7.98. The molecular formula is C18H16N2O2S. The number of aromatic nitrogens is 1. The molecular weight excluding hydrogens is 308 g/mol. The highest BCUT2D eigenvalue weighted by Crippen LogP contribution is 2.24. The summed E-state index contributed by atoms with van der Waals surface area (Å²) in [6.07, 6.45) is 3.64. The number of amides is 1. The van der Waals surface area contributed by atoms with Crippen molar-refractivity contribution in [1.29, 1.82) is 0 Å². The van der Waals surface area contributed by atoms with Crippen molar-refractivity contribution in [2.75, 3.05) is 5.32 Å². The van der Waals surface area contributed by atoms with Crippen molar-refractivity contribution in [3.8, 4) is 0 Å². The number of benzene rings is 1. The van der Waals surface area contributed by atoms with E-state index in [1.165, 1.54) is 5.56 Å². The molecule has 0 aliphatic carbocycles. The van der Waals surface area contributed by atoms with Crippen LogP contribution in [-0.2, 0) is 5.75 Å². The lowest BCUT2D eigenvalue weighted by molar-refractivity contribution is 0.0995. The predicted molar refractivity (Wildman–Crippen MR) is 91.6 cm³/mol. The van der Waals surface area contributed by atoms with Crippen molar-refractivity contribution < 1.29 is 9.21 Å². The number of nitrogens with zero attached hydrogens (tertiary/aromatic N) is 1. The van der Waals surface area contributed by atoms with E-state index in [-0.39, 0.29) is 5.91 Å². The smallest absolute Gasteiger partial charge is 0.291 e. The molecule has 0 spiro atoms. The molecule has 0 aliphatic rings. The van der Waals surface area contributed by atoms with Crippen molar-refractivity contribution in [2.24, 2.45) is 0 Å². The molecule has 116 valence electrons. The van der Waals surface area contributed by atoms with Gasteiger partial charge in [-0.2, -0.15) is 0 Å². The first kappa shape index (κ1) is 15.4. The Hall–Kier alpha value is -2.53. The van der Waals surface area contributed by atoms with Crippen LogP contribution >= 0.6 is 11.8 Å². The second kappa shape index (κ2) is 7.15. The fourth-order valence-electron chi connectivity index (χ4n) is 2.03. The van der Waals surface area contributed by atoms with E-state index < -0.39 is 0 Å². The minimum atomic E-state index is -0.242. The molecule has 0 unspecified atom stereocenters. The monoisotopic (exact) mass is 324 g/mol. The summed E-state index contributed by atoms with van der Waals surface area (Å²) in [5.41, 5.74) is 1.93. The Bertz CT molecular complexity index is 782. The Kier molecular flexibility index (Phi) is 4.78. The van der Waals surface area contributed by atoms with Crippen LogP contribution in [0.3, 0.4) is 0 Å². The van der Waals surface area contributed by atoms with Crippen LogP contribution in [0.1, 0.15) is 21.9 Å². The van der Waals surface area contributed by atoms with Gasteiger partial charge in [0, 0.05) is 28.7 Å². The van der Waals surface area contributed by atoms with Crippen LogP contribution in [0.2, 0.25) is 0 Å². The molecule has 0 bridgehead atoms. The molecule has 3 aromatic rings. The number of aryl methyl sites for hydroxylation is 1. The Morgan fingerprint density at radius 2 is 2.00 bits per heavy atom. The van der Waals surface area contributed by atoms with Gasteiger partial charge in [0.15, 0.2) is 5.76 Å². The Balaban J connectivity index is 1.57. The lowest BCUT2D eigenvalue weighted by atomic mass is 10.3. The number of thioether (sulfide) groups is 1. The molecule has 3 rings (SSSR count). The summed E-state index contributed by atoms with van der Waals surface area (Å²) in [7, 11) is 0. The first-order valence-corrected chi connectivity index (χ1v) is 8.19. The van der Waals surface area contributed by atoms with Crippen LogP contribution < -0.4 is 5.32 Å². The van der Waals surface area contributed by atoms with Crippen molar-refractivity contribution in [3.63, 3.8) is 0 Å². The van der Waals surface area contributed by atoms with Gasteiger partial charge in [-0.3, -0.25) is 9.78 Å². The average Bonchev–Trinajstić information content (AvgIpc) is 3.02. The molecule has 2 aromatic heterocycles. The molecule has 1 aromatic carbocycles. The zero-order chi connectivity index (χ0) is 16.1. The number of carbonyl (C=O) groups excluding carboxylic acids is 1. The Labute approximate surface area is 138 Å². The van der Waals surface area contributed by atoms with Crippen LogP contribution in [0.5, 0.6) is 0 Å². The molecule has 0 fully saturated rings. The van der Waals surface area contributed by atoms with Gasteiger partial charge in [0.05, 0.1) is 0 Å². The van der Waals surface area contributed by atoms with Gasteiger partial charge in [0.1, 0.15) is 5.76 Å². The molecule has 1 N–H and O–H groups in total. The van der Waals surface area contributed by atoms with Gasteiger partial charge in [-0.1, -0.05) is 6.07 Å². The Morgan fingerprint density at radius 1 is 1.17 bits per heavy atom. The maximum Gasteiger partial charge on any atom is 0.291 e. The third kappa shape index (κ3) is 4.23. The third-order valence-electron chi connectivity index (χ3n) is 3.20. The summed E-state index contributed by atoms with van der Waals surface area (Å²) < 4.78 is 5.31. The van der Waals surface area contributed by atoms with Crippen LogP contribution in [0.15, 0.2) is 70.2 Å². The predicted octanol–water partition coefficient (Wildman–Crippen LogP) is 4.53. The number of furan rings is 1. The van der Waals surface area contributed by atoms with Crippen molar-refractivity contribution in [2.45, 2.75) is 17.6 Å². The van der Waals surface area contributed by atoms with Gasteiger partial charge in [-0.25, -0.2) is 0 Å². The summed E-state index contributed by atoms with van der Waals surface area (Å²) >= 11 is 1.73. The van der Waals surface area contributed by atoms with Gasteiger partial charge < -0.3 is 9.73 Å². The molecule has 1 amide bonds.